The van der Waals surface area contributed by atoms with Gasteiger partial charge in [-0.05, 0) is 54.8 Å². The normalized spacial score (nSPS) is 14.7. The van der Waals surface area contributed by atoms with Crippen molar-refractivity contribution in [1.82, 2.24) is 4.90 Å². The molecule has 1 aromatic heterocycles. The van der Waals surface area contributed by atoms with Gasteiger partial charge in [0, 0.05) is 11.6 Å². The van der Waals surface area contributed by atoms with Gasteiger partial charge in [-0.3, -0.25) is 9.59 Å². The van der Waals surface area contributed by atoms with Crippen LogP contribution in [0, 0.1) is 0 Å². The maximum atomic E-state index is 13.7. The number of para-hydroxylation sites is 1. The summed E-state index contributed by atoms with van der Waals surface area (Å²) in [4.78, 5) is 29.1. The van der Waals surface area contributed by atoms with Crippen molar-refractivity contribution in [3.8, 4) is 11.5 Å². The first-order valence-corrected chi connectivity index (χ1v) is 12.9. The minimum absolute atomic E-state index is 0.0574. The molecule has 190 valence electrons. The third kappa shape index (κ3) is 4.69. The smallest absolute Gasteiger partial charge is 0.291 e. The lowest BCUT2D eigenvalue weighted by molar-refractivity contribution is 0.0714. The Balaban J connectivity index is 1.66. The van der Waals surface area contributed by atoms with Crippen LogP contribution in [0.3, 0.4) is 0 Å². The summed E-state index contributed by atoms with van der Waals surface area (Å²) in [5.74, 6) is 0.901. The van der Waals surface area contributed by atoms with E-state index in [-0.39, 0.29) is 23.6 Å². The summed E-state index contributed by atoms with van der Waals surface area (Å²) >= 11 is 6.46. The molecule has 37 heavy (non-hydrogen) atoms. The molecule has 0 saturated carbocycles. The topological polar surface area (TPSA) is 69.0 Å². The van der Waals surface area contributed by atoms with E-state index in [1.165, 1.54) is 0 Å². The molecule has 6 nitrogen and oxygen atoms in total. The highest BCUT2D eigenvalue weighted by molar-refractivity contribution is 6.31. The van der Waals surface area contributed by atoms with Crippen molar-refractivity contribution in [3.05, 3.63) is 104 Å². The van der Waals surface area contributed by atoms with E-state index in [0.29, 0.717) is 46.3 Å². The predicted molar refractivity (Wildman–Crippen MR) is 144 cm³/mol. The van der Waals surface area contributed by atoms with Gasteiger partial charge in [0.15, 0.2) is 16.9 Å². The van der Waals surface area contributed by atoms with Crippen molar-refractivity contribution in [2.24, 2.45) is 0 Å². The number of ether oxygens (including phenoxy) is 2. The van der Waals surface area contributed by atoms with Crippen molar-refractivity contribution < 1.29 is 18.7 Å². The van der Waals surface area contributed by atoms with Gasteiger partial charge in [-0.2, -0.15) is 0 Å². The average molecular weight is 518 g/mol. The van der Waals surface area contributed by atoms with E-state index in [0.717, 1.165) is 24.0 Å². The maximum Gasteiger partial charge on any atom is 0.291 e. The van der Waals surface area contributed by atoms with Crippen molar-refractivity contribution in [2.75, 3.05) is 13.2 Å². The molecule has 1 amide bonds. The number of hydrogen-bond donors (Lipinski definition) is 0. The fourth-order valence-electron chi connectivity index (χ4n) is 4.70. The van der Waals surface area contributed by atoms with Gasteiger partial charge in [0.25, 0.3) is 5.91 Å². The Morgan fingerprint density at radius 1 is 0.946 bits per heavy atom. The Labute approximate surface area is 220 Å². The van der Waals surface area contributed by atoms with Crippen LogP contribution in [0.2, 0.25) is 5.02 Å². The fourth-order valence-corrected chi connectivity index (χ4v) is 4.89. The zero-order valence-electron chi connectivity index (χ0n) is 20.8. The molecule has 5 rings (SSSR count). The highest BCUT2D eigenvalue weighted by atomic mass is 35.5. The van der Waals surface area contributed by atoms with Crippen LogP contribution in [0.15, 0.2) is 75.9 Å². The number of rotatable bonds is 9. The maximum absolute atomic E-state index is 13.7. The van der Waals surface area contributed by atoms with Crippen LogP contribution in [0.25, 0.3) is 11.0 Å². The lowest BCUT2D eigenvalue weighted by Crippen LogP contribution is -2.29. The molecule has 0 N–H and O–H groups in total. The SMILES string of the molecule is CCCCOc1ccc(C2c3c(oc4ccccc4c3=O)C(=O)N2Cc2ccccc2Cl)cc1OCC. The van der Waals surface area contributed by atoms with Gasteiger partial charge in [0.1, 0.15) is 5.58 Å². The van der Waals surface area contributed by atoms with E-state index in [4.69, 9.17) is 25.5 Å². The van der Waals surface area contributed by atoms with Gasteiger partial charge in [0.05, 0.1) is 30.2 Å². The predicted octanol–water partition coefficient (Wildman–Crippen LogP) is 6.77. The van der Waals surface area contributed by atoms with Crippen molar-refractivity contribution in [2.45, 2.75) is 39.3 Å². The number of carbonyl (C=O) groups excluding carboxylic acids is 1. The summed E-state index contributed by atoms with van der Waals surface area (Å²) in [6.07, 6.45) is 1.95. The van der Waals surface area contributed by atoms with Gasteiger partial charge in [-0.15, -0.1) is 0 Å². The summed E-state index contributed by atoms with van der Waals surface area (Å²) in [6.45, 7) is 5.25. The zero-order valence-corrected chi connectivity index (χ0v) is 21.6. The van der Waals surface area contributed by atoms with Crippen molar-refractivity contribution >= 4 is 28.5 Å². The number of nitrogens with zero attached hydrogens (tertiary/aromatic N) is 1. The summed E-state index contributed by atoms with van der Waals surface area (Å²) in [7, 11) is 0. The standard InChI is InChI=1S/C30H28ClNO5/c1-3-5-16-36-24-15-14-19(17-25(24)35-4-2)27-26-28(33)21-11-7-9-13-23(21)37-29(26)30(34)32(27)18-20-10-6-8-12-22(20)31/h6-15,17,27H,3-5,16,18H2,1-2H3. The van der Waals surface area contributed by atoms with E-state index in [9.17, 15) is 9.59 Å². The van der Waals surface area contributed by atoms with Gasteiger partial charge >= 0.3 is 0 Å². The Bertz CT molecular complexity index is 1510. The largest absolute Gasteiger partial charge is 0.490 e. The second-order valence-corrected chi connectivity index (χ2v) is 9.35. The van der Waals surface area contributed by atoms with Gasteiger partial charge in [-0.1, -0.05) is 61.3 Å². The van der Waals surface area contributed by atoms with Crippen LogP contribution in [0.1, 0.15) is 60.0 Å². The monoisotopic (exact) mass is 517 g/mol. The van der Waals surface area contributed by atoms with E-state index < -0.39 is 6.04 Å². The number of hydrogen-bond acceptors (Lipinski definition) is 5. The molecule has 7 heteroatoms. The molecule has 1 aliphatic heterocycles. The van der Waals surface area contributed by atoms with E-state index in [1.54, 1.807) is 35.2 Å². The van der Waals surface area contributed by atoms with Crippen LogP contribution >= 0.6 is 11.6 Å². The molecule has 1 atom stereocenters. The third-order valence-electron chi connectivity index (χ3n) is 6.51. The minimum atomic E-state index is -0.677. The molecule has 4 aromatic rings. The van der Waals surface area contributed by atoms with Crippen LogP contribution in [0.4, 0.5) is 0 Å². The second kappa shape index (κ2) is 10.7. The number of unbranched alkanes of at least 4 members (excludes halogenated alkanes) is 1. The zero-order chi connectivity index (χ0) is 25.9. The Hall–Kier alpha value is -3.77. The van der Waals surface area contributed by atoms with Crippen molar-refractivity contribution in [1.29, 1.82) is 0 Å². The first-order chi connectivity index (χ1) is 18.0. The quantitative estimate of drug-likeness (QED) is 0.229. The van der Waals surface area contributed by atoms with E-state index in [2.05, 4.69) is 6.92 Å². The molecule has 0 aliphatic carbocycles. The molecular weight excluding hydrogens is 490 g/mol. The van der Waals surface area contributed by atoms with Crippen LogP contribution < -0.4 is 14.9 Å². The lowest BCUT2D eigenvalue weighted by Gasteiger charge is -2.26. The molecular formula is C30H28ClNO5. The molecule has 0 fully saturated rings. The first-order valence-electron chi connectivity index (χ1n) is 12.5. The Morgan fingerprint density at radius 2 is 1.73 bits per heavy atom. The number of benzene rings is 3. The Kier molecular flexibility index (Phi) is 7.19. The second-order valence-electron chi connectivity index (χ2n) is 8.94. The van der Waals surface area contributed by atoms with Gasteiger partial charge in [-0.25, -0.2) is 0 Å². The van der Waals surface area contributed by atoms with Crippen LogP contribution in [0.5, 0.6) is 11.5 Å². The van der Waals surface area contributed by atoms with Gasteiger partial charge in [0.2, 0.25) is 5.76 Å². The Morgan fingerprint density at radius 3 is 2.51 bits per heavy atom. The van der Waals surface area contributed by atoms with Crippen molar-refractivity contribution in [3.63, 3.8) is 0 Å². The fraction of sp³-hybridized carbons (Fsp3) is 0.267. The van der Waals surface area contributed by atoms with Crippen LogP contribution in [-0.4, -0.2) is 24.0 Å². The molecule has 1 aliphatic rings. The third-order valence-corrected chi connectivity index (χ3v) is 6.88. The molecule has 0 saturated heterocycles. The summed E-state index contributed by atoms with van der Waals surface area (Å²) in [5, 5.41) is 0.979. The lowest BCUT2D eigenvalue weighted by atomic mass is 9.97. The molecule has 2 heterocycles. The van der Waals surface area contributed by atoms with E-state index >= 15 is 0 Å². The number of halogens is 1. The summed E-state index contributed by atoms with van der Waals surface area (Å²) in [5.41, 5.74) is 1.98. The summed E-state index contributed by atoms with van der Waals surface area (Å²) < 4.78 is 17.9. The summed E-state index contributed by atoms with van der Waals surface area (Å²) in [6, 6.07) is 19.3. The molecule has 1 unspecified atom stereocenters. The average Bonchev–Trinajstić information content (AvgIpc) is 3.18. The van der Waals surface area contributed by atoms with Gasteiger partial charge < -0.3 is 18.8 Å². The molecule has 0 spiro atoms. The highest BCUT2D eigenvalue weighted by Gasteiger charge is 2.43. The van der Waals surface area contributed by atoms with E-state index in [1.807, 2.05) is 43.3 Å². The first kappa shape index (κ1) is 24.9. The molecule has 0 bridgehead atoms. The number of amides is 1. The number of carbonyl (C=O) groups is 1. The minimum Gasteiger partial charge on any atom is -0.490 e. The molecule has 0 radical (unpaired) electrons. The highest BCUT2D eigenvalue weighted by Crippen LogP contribution is 2.42. The molecule has 3 aromatic carbocycles. The van der Waals surface area contributed by atoms with Crippen LogP contribution in [-0.2, 0) is 6.54 Å². The number of fused-ring (bicyclic) bond motifs is 2.